The third-order valence-corrected chi connectivity index (χ3v) is 5.72. The van der Waals surface area contributed by atoms with Gasteiger partial charge in [0.1, 0.15) is 18.2 Å². The molecule has 4 N–H and O–H groups in total. The molecule has 3 aromatic rings. The molecule has 0 bridgehead atoms. The van der Waals surface area contributed by atoms with Crippen LogP contribution in [0, 0.1) is 10.1 Å². The Kier molecular flexibility index (Phi) is 7.49. The Bertz CT molecular complexity index is 1270. The van der Waals surface area contributed by atoms with E-state index in [4.69, 9.17) is 38.7 Å². The molecule has 1 fully saturated rings. The lowest BCUT2D eigenvalue weighted by Crippen LogP contribution is -2.42. The Labute approximate surface area is 210 Å². The fourth-order valence-corrected chi connectivity index (χ4v) is 4.02. The lowest BCUT2D eigenvalue weighted by atomic mass is 10.1. The molecular weight excluding hydrogens is 497 g/mol. The van der Waals surface area contributed by atoms with Crippen LogP contribution in [0.25, 0.3) is 11.3 Å². The maximum Gasteiger partial charge on any atom is 0.311 e. The number of rotatable bonds is 8. The van der Waals surface area contributed by atoms with Gasteiger partial charge in [-0.25, -0.2) is 9.97 Å². The summed E-state index contributed by atoms with van der Waals surface area (Å²) in [4.78, 5) is 33.1. The third kappa shape index (κ3) is 5.70. The van der Waals surface area contributed by atoms with Gasteiger partial charge in [0, 0.05) is 36.3 Å². The van der Waals surface area contributed by atoms with Crippen molar-refractivity contribution in [1.82, 2.24) is 9.97 Å². The van der Waals surface area contributed by atoms with Gasteiger partial charge in [0.2, 0.25) is 5.82 Å². The van der Waals surface area contributed by atoms with Crippen LogP contribution in [-0.2, 0) is 9.53 Å². The minimum absolute atomic E-state index is 0.000649. The number of nitrogens with zero attached hydrogens (tertiary/aromatic N) is 4. The largest absolute Gasteiger partial charge is 0.378 e. The molecule has 0 radical (unpaired) electrons. The molecule has 0 aliphatic carbocycles. The molecule has 1 aliphatic rings. The lowest BCUT2D eigenvalue weighted by molar-refractivity contribution is -0.384. The maximum absolute atomic E-state index is 12.5. The Morgan fingerprint density at radius 3 is 2.46 bits per heavy atom. The Morgan fingerprint density at radius 2 is 1.80 bits per heavy atom. The second kappa shape index (κ2) is 10.7. The molecule has 35 heavy (non-hydrogen) atoms. The van der Waals surface area contributed by atoms with Crippen LogP contribution in [0.15, 0.2) is 42.5 Å². The molecule has 4 rings (SSSR count). The number of aromatic nitrogens is 2. The SMILES string of the molecule is Nc1nc(NCCNc2ccc(N3CCOCC3=O)c(-c3ccc(Cl)cc3Cl)n2)ccc1[N+](=O)[O-]. The van der Waals surface area contributed by atoms with Crippen LogP contribution in [0.4, 0.5) is 28.8 Å². The van der Waals surface area contributed by atoms with Gasteiger partial charge in [-0.3, -0.25) is 14.9 Å². The van der Waals surface area contributed by atoms with E-state index < -0.39 is 4.92 Å². The summed E-state index contributed by atoms with van der Waals surface area (Å²) in [6.07, 6.45) is 0. The average Bonchev–Trinajstić information content (AvgIpc) is 2.82. The van der Waals surface area contributed by atoms with Crippen molar-refractivity contribution in [3.63, 3.8) is 0 Å². The van der Waals surface area contributed by atoms with Crippen LogP contribution in [0.5, 0.6) is 0 Å². The fraction of sp³-hybridized carbons (Fsp3) is 0.227. The van der Waals surface area contributed by atoms with Gasteiger partial charge in [0.05, 0.1) is 27.9 Å². The topological polar surface area (TPSA) is 149 Å². The van der Waals surface area contributed by atoms with Crippen molar-refractivity contribution in [2.45, 2.75) is 0 Å². The van der Waals surface area contributed by atoms with E-state index >= 15 is 0 Å². The Hall–Kier alpha value is -3.67. The van der Waals surface area contributed by atoms with Gasteiger partial charge in [-0.1, -0.05) is 23.2 Å². The number of nitrogens with two attached hydrogens (primary N) is 1. The van der Waals surface area contributed by atoms with Crippen LogP contribution in [0.2, 0.25) is 10.0 Å². The second-order valence-corrected chi connectivity index (χ2v) is 8.34. The standard InChI is InChI=1S/C22H21Cl2N7O4/c23-13-1-2-14(15(24)11-13)21-16(30-9-10-35-12-20(30)32)3-5-18(28-21)26-7-8-27-19-6-4-17(31(33)34)22(25)29-19/h1-6,11H,7-10,12H2,(H,26,28)(H3,25,27,29). The van der Waals surface area contributed by atoms with Gasteiger partial charge in [-0.2, -0.15) is 0 Å². The van der Waals surface area contributed by atoms with Crippen LogP contribution < -0.4 is 21.3 Å². The number of nitrogen functional groups attached to an aromatic ring is 1. The van der Waals surface area contributed by atoms with E-state index in [-0.39, 0.29) is 24.0 Å². The number of hydrogen-bond acceptors (Lipinski definition) is 9. The molecule has 1 amide bonds. The summed E-state index contributed by atoms with van der Waals surface area (Å²) in [6, 6.07) is 11.5. The summed E-state index contributed by atoms with van der Waals surface area (Å²) in [6.45, 7) is 1.72. The van der Waals surface area contributed by atoms with Crippen molar-refractivity contribution in [3.05, 3.63) is 62.6 Å². The Balaban J connectivity index is 1.51. The molecule has 1 saturated heterocycles. The maximum atomic E-state index is 12.5. The highest BCUT2D eigenvalue weighted by molar-refractivity contribution is 6.36. The number of anilines is 4. The highest BCUT2D eigenvalue weighted by Crippen LogP contribution is 2.36. The van der Waals surface area contributed by atoms with Crippen LogP contribution >= 0.6 is 23.2 Å². The van der Waals surface area contributed by atoms with Crippen LogP contribution in [-0.4, -0.2) is 53.6 Å². The minimum Gasteiger partial charge on any atom is -0.378 e. The molecule has 3 heterocycles. The quantitative estimate of drug-likeness (QED) is 0.230. The van der Waals surface area contributed by atoms with E-state index in [0.717, 1.165) is 0 Å². The first kappa shape index (κ1) is 24.5. The number of morpholine rings is 1. The molecule has 182 valence electrons. The Morgan fingerprint density at radius 1 is 1.09 bits per heavy atom. The molecule has 11 nitrogen and oxygen atoms in total. The molecular formula is C22H21Cl2N7O4. The number of amides is 1. The first-order valence-electron chi connectivity index (χ1n) is 10.6. The van der Waals surface area contributed by atoms with E-state index in [2.05, 4.69) is 15.6 Å². The normalized spacial score (nSPS) is 13.5. The average molecular weight is 518 g/mol. The zero-order valence-electron chi connectivity index (χ0n) is 18.3. The summed E-state index contributed by atoms with van der Waals surface area (Å²) in [5.41, 5.74) is 7.17. The van der Waals surface area contributed by atoms with Gasteiger partial charge in [0.25, 0.3) is 5.91 Å². The number of halogens is 2. The number of ether oxygens (including phenoxy) is 1. The van der Waals surface area contributed by atoms with E-state index in [0.29, 0.717) is 64.9 Å². The lowest BCUT2D eigenvalue weighted by Gasteiger charge is -2.28. The minimum atomic E-state index is -0.585. The smallest absolute Gasteiger partial charge is 0.311 e. The molecule has 1 aliphatic heterocycles. The summed E-state index contributed by atoms with van der Waals surface area (Å²) in [5.74, 6) is 0.655. The van der Waals surface area contributed by atoms with Crippen molar-refractivity contribution < 1.29 is 14.5 Å². The first-order chi connectivity index (χ1) is 16.8. The highest BCUT2D eigenvalue weighted by Gasteiger charge is 2.25. The molecule has 0 unspecified atom stereocenters. The molecule has 2 aromatic heterocycles. The number of hydrogen-bond donors (Lipinski definition) is 3. The highest BCUT2D eigenvalue weighted by atomic mass is 35.5. The summed E-state index contributed by atoms with van der Waals surface area (Å²) in [7, 11) is 0. The second-order valence-electron chi connectivity index (χ2n) is 7.50. The zero-order chi connectivity index (χ0) is 24.9. The molecule has 0 saturated carbocycles. The summed E-state index contributed by atoms with van der Waals surface area (Å²) < 4.78 is 5.25. The van der Waals surface area contributed by atoms with Gasteiger partial charge in [-0.05, 0) is 36.4 Å². The molecule has 0 atom stereocenters. The number of nitrogens with one attached hydrogen (secondary N) is 2. The van der Waals surface area contributed by atoms with Crippen molar-refractivity contribution in [1.29, 1.82) is 0 Å². The van der Waals surface area contributed by atoms with Crippen molar-refractivity contribution in [3.8, 4) is 11.3 Å². The zero-order valence-corrected chi connectivity index (χ0v) is 19.8. The van der Waals surface area contributed by atoms with Crippen molar-refractivity contribution in [2.75, 3.05) is 54.1 Å². The van der Waals surface area contributed by atoms with Gasteiger partial charge < -0.3 is 26.0 Å². The number of nitro groups is 1. The fourth-order valence-electron chi connectivity index (χ4n) is 3.52. The van der Waals surface area contributed by atoms with Crippen molar-refractivity contribution >= 4 is 57.9 Å². The van der Waals surface area contributed by atoms with Gasteiger partial charge in [-0.15, -0.1) is 0 Å². The van der Waals surface area contributed by atoms with Gasteiger partial charge in [0.15, 0.2) is 0 Å². The third-order valence-electron chi connectivity index (χ3n) is 5.17. The van der Waals surface area contributed by atoms with E-state index in [9.17, 15) is 14.9 Å². The van der Waals surface area contributed by atoms with Crippen molar-refractivity contribution in [2.24, 2.45) is 0 Å². The molecule has 1 aromatic carbocycles. The summed E-state index contributed by atoms with van der Waals surface area (Å²) in [5, 5.41) is 18.0. The van der Waals surface area contributed by atoms with E-state index in [1.807, 2.05) is 6.07 Å². The molecule has 0 spiro atoms. The summed E-state index contributed by atoms with van der Waals surface area (Å²) >= 11 is 12.5. The predicted octanol–water partition coefficient (Wildman–Crippen LogP) is 3.83. The predicted molar refractivity (Wildman–Crippen MR) is 135 cm³/mol. The number of carbonyl (C=O) groups is 1. The monoisotopic (exact) mass is 517 g/mol. The molecule has 13 heteroatoms. The van der Waals surface area contributed by atoms with Gasteiger partial charge >= 0.3 is 5.69 Å². The number of carbonyl (C=O) groups excluding carboxylic acids is 1. The van der Waals surface area contributed by atoms with E-state index in [1.54, 1.807) is 29.2 Å². The van der Waals surface area contributed by atoms with Crippen LogP contribution in [0.1, 0.15) is 0 Å². The first-order valence-corrected chi connectivity index (χ1v) is 11.3. The van der Waals surface area contributed by atoms with Crippen LogP contribution in [0.3, 0.4) is 0 Å². The number of benzene rings is 1. The number of pyridine rings is 2. The van der Waals surface area contributed by atoms with E-state index in [1.165, 1.54) is 12.1 Å².